The fourth-order valence-electron chi connectivity index (χ4n) is 4.87. The average molecular weight is 549 g/mol. The Balaban J connectivity index is 1.74. The van der Waals surface area contributed by atoms with Crippen LogP contribution in [-0.2, 0) is 29.0 Å². The third-order valence-corrected chi connectivity index (χ3v) is 6.60. The van der Waals surface area contributed by atoms with Crippen LogP contribution in [0.3, 0.4) is 0 Å². The van der Waals surface area contributed by atoms with Gasteiger partial charge in [-0.1, -0.05) is 66.7 Å². The van der Waals surface area contributed by atoms with E-state index in [1.807, 2.05) is 65.6 Å². The number of aliphatic hydroxyl groups excluding tert-OH is 1. The van der Waals surface area contributed by atoms with Gasteiger partial charge in [0.1, 0.15) is 17.2 Å². The van der Waals surface area contributed by atoms with E-state index in [0.29, 0.717) is 18.7 Å². The molecule has 6 nitrogen and oxygen atoms in total. The van der Waals surface area contributed by atoms with Crippen molar-refractivity contribution in [2.45, 2.75) is 64.1 Å². The van der Waals surface area contributed by atoms with E-state index in [2.05, 4.69) is 0 Å². The van der Waals surface area contributed by atoms with Crippen LogP contribution < -0.4 is 0 Å². The molecule has 0 saturated carbocycles. The Labute approximate surface area is 233 Å². The first-order valence-corrected chi connectivity index (χ1v) is 13.2. The van der Waals surface area contributed by atoms with Crippen LogP contribution in [0.15, 0.2) is 91.0 Å². The molecule has 0 aliphatic carbocycles. The molecule has 0 bridgehead atoms. The van der Waals surface area contributed by atoms with Crippen LogP contribution in [-0.4, -0.2) is 50.7 Å². The van der Waals surface area contributed by atoms with Crippen molar-refractivity contribution < 1.29 is 28.2 Å². The van der Waals surface area contributed by atoms with Crippen molar-refractivity contribution in [3.05, 3.63) is 119 Å². The van der Waals surface area contributed by atoms with Gasteiger partial charge in [-0.05, 0) is 56.0 Å². The van der Waals surface area contributed by atoms with E-state index >= 15 is 0 Å². The highest BCUT2D eigenvalue weighted by Gasteiger charge is 2.43. The smallest absolute Gasteiger partial charge is 0.417 e. The number of hydrogen-bond donors (Lipinski definition) is 1. The van der Waals surface area contributed by atoms with Crippen LogP contribution in [0.5, 0.6) is 0 Å². The summed E-state index contributed by atoms with van der Waals surface area (Å²) in [5.74, 6) is -2.06. The van der Waals surface area contributed by atoms with E-state index in [0.717, 1.165) is 22.1 Å². The summed E-state index contributed by atoms with van der Waals surface area (Å²) in [5.41, 5.74) is 1.40. The summed E-state index contributed by atoms with van der Waals surface area (Å²) in [6.45, 7) is 5.85. The molecule has 3 aromatic carbocycles. The van der Waals surface area contributed by atoms with Gasteiger partial charge in [-0.25, -0.2) is 18.5 Å². The lowest BCUT2D eigenvalue weighted by atomic mass is 9.93. The summed E-state index contributed by atoms with van der Waals surface area (Å²) in [7, 11) is 0. The van der Waals surface area contributed by atoms with Crippen LogP contribution in [0.25, 0.3) is 0 Å². The molecule has 1 aliphatic rings. The zero-order valence-corrected chi connectivity index (χ0v) is 22.8. The number of aliphatic hydroxyl groups is 1. The van der Waals surface area contributed by atoms with Crippen LogP contribution in [0.1, 0.15) is 37.5 Å². The molecule has 0 fully saturated rings. The van der Waals surface area contributed by atoms with Gasteiger partial charge in [0.05, 0.1) is 12.1 Å². The molecule has 1 N–H and O–H groups in total. The number of ether oxygens (including phenoxy) is 1. The minimum Gasteiger partial charge on any atom is -0.443 e. The Hall–Kier alpha value is -3.88. The molecule has 4 rings (SSSR count). The third-order valence-electron chi connectivity index (χ3n) is 6.60. The summed E-state index contributed by atoms with van der Waals surface area (Å²) >= 11 is 0. The lowest BCUT2D eigenvalue weighted by Gasteiger charge is -2.39. The number of hydrogen-bond acceptors (Lipinski definition) is 5. The molecule has 40 heavy (non-hydrogen) atoms. The van der Waals surface area contributed by atoms with E-state index in [1.54, 1.807) is 20.8 Å². The van der Waals surface area contributed by atoms with Crippen LogP contribution in [0.4, 0.5) is 13.6 Å². The lowest BCUT2D eigenvalue weighted by molar-refractivity contribution is -0.127. The fraction of sp³-hybridized carbons (Fsp3) is 0.312. The number of nitrogens with zero attached hydrogens (tertiary/aromatic N) is 2. The van der Waals surface area contributed by atoms with Crippen molar-refractivity contribution >= 4 is 12.0 Å². The number of carbonyl (C=O) groups excluding carboxylic acids is 2. The monoisotopic (exact) mass is 548 g/mol. The first kappa shape index (κ1) is 29.1. The predicted octanol–water partition coefficient (Wildman–Crippen LogP) is 5.64. The highest BCUT2D eigenvalue weighted by Crippen LogP contribution is 2.27. The van der Waals surface area contributed by atoms with E-state index in [4.69, 9.17) is 4.74 Å². The Morgan fingerprint density at radius 2 is 1.45 bits per heavy atom. The number of amides is 2. The summed E-state index contributed by atoms with van der Waals surface area (Å²) in [6.07, 6.45) is 0.569. The zero-order chi connectivity index (χ0) is 28.9. The standard InChI is InChI=1S/C32H34F2N2O4/c1-32(2,3)40-31(39)36-27(14-15-29(36)37)30(38)28(18-24-16-25(33)19-26(34)17-24)35(20-22-10-6-4-7-11-22)21-23-12-8-5-9-13-23/h4-17,19,27-28,30,38H,18,20-21H2,1-3H3/t27-,28+,30-/m1/s1. The minimum absolute atomic E-state index is 0.0518. The molecule has 210 valence electrons. The topological polar surface area (TPSA) is 70.1 Å². The first-order chi connectivity index (χ1) is 19.0. The highest BCUT2D eigenvalue weighted by molar-refractivity contribution is 6.01. The van der Waals surface area contributed by atoms with Gasteiger partial charge in [0, 0.05) is 31.3 Å². The normalized spacial score (nSPS) is 16.8. The largest absolute Gasteiger partial charge is 0.443 e. The summed E-state index contributed by atoms with van der Waals surface area (Å²) in [5, 5.41) is 11.9. The van der Waals surface area contributed by atoms with Crippen LogP contribution >= 0.6 is 0 Å². The van der Waals surface area contributed by atoms with E-state index in [1.165, 1.54) is 24.3 Å². The number of halogens is 2. The second-order valence-corrected chi connectivity index (χ2v) is 11.0. The van der Waals surface area contributed by atoms with Gasteiger partial charge in [-0.2, -0.15) is 0 Å². The SMILES string of the molecule is CC(C)(C)OC(=O)N1C(=O)C=C[C@@H]1[C@@H](O)[C@H](Cc1cc(F)cc(F)c1)N(Cc1ccccc1)Cc1ccccc1. The summed E-state index contributed by atoms with van der Waals surface area (Å²) in [6, 6.07) is 20.7. The molecule has 3 atom stereocenters. The second-order valence-electron chi connectivity index (χ2n) is 11.0. The van der Waals surface area contributed by atoms with Crippen LogP contribution in [0.2, 0.25) is 0 Å². The Kier molecular flexibility index (Phi) is 9.12. The Bertz CT molecular complexity index is 1280. The Morgan fingerprint density at radius 3 is 1.95 bits per heavy atom. The van der Waals surface area contributed by atoms with Crippen molar-refractivity contribution in [1.29, 1.82) is 0 Å². The van der Waals surface area contributed by atoms with E-state index in [9.17, 15) is 23.5 Å². The maximum absolute atomic E-state index is 14.2. The molecule has 0 aromatic heterocycles. The van der Waals surface area contributed by atoms with Gasteiger partial charge < -0.3 is 9.84 Å². The third kappa shape index (κ3) is 7.61. The number of carbonyl (C=O) groups is 2. The molecular formula is C32H34F2N2O4. The summed E-state index contributed by atoms with van der Waals surface area (Å²) in [4.78, 5) is 28.7. The molecule has 1 heterocycles. The quantitative estimate of drug-likeness (QED) is 0.375. The lowest BCUT2D eigenvalue weighted by Crippen LogP contribution is -2.55. The zero-order valence-electron chi connectivity index (χ0n) is 22.8. The van der Waals surface area contributed by atoms with Gasteiger partial charge in [0.25, 0.3) is 5.91 Å². The Morgan fingerprint density at radius 1 is 0.925 bits per heavy atom. The highest BCUT2D eigenvalue weighted by atomic mass is 19.1. The van der Waals surface area contributed by atoms with Crippen LogP contribution in [0, 0.1) is 11.6 Å². The molecule has 0 saturated heterocycles. The van der Waals surface area contributed by atoms with Crippen molar-refractivity contribution in [2.24, 2.45) is 0 Å². The average Bonchev–Trinajstić information content (AvgIpc) is 3.28. The van der Waals surface area contributed by atoms with Crippen molar-refractivity contribution in [2.75, 3.05) is 0 Å². The first-order valence-electron chi connectivity index (χ1n) is 13.2. The fourth-order valence-corrected chi connectivity index (χ4v) is 4.87. The van der Waals surface area contributed by atoms with E-state index in [-0.39, 0.29) is 6.42 Å². The van der Waals surface area contributed by atoms with Crippen molar-refractivity contribution in [1.82, 2.24) is 9.80 Å². The maximum atomic E-state index is 14.2. The van der Waals surface area contributed by atoms with Gasteiger partial charge in [0.15, 0.2) is 0 Å². The molecule has 8 heteroatoms. The molecule has 0 radical (unpaired) electrons. The second kappa shape index (κ2) is 12.5. The number of imide groups is 1. The molecule has 0 unspecified atom stereocenters. The van der Waals surface area contributed by atoms with Gasteiger partial charge >= 0.3 is 6.09 Å². The maximum Gasteiger partial charge on any atom is 0.417 e. The van der Waals surface area contributed by atoms with Crippen molar-refractivity contribution in [3.8, 4) is 0 Å². The minimum atomic E-state index is -1.31. The number of benzene rings is 3. The van der Waals surface area contributed by atoms with Crippen molar-refractivity contribution in [3.63, 3.8) is 0 Å². The molecular weight excluding hydrogens is 514 g/mol. The summed E-state index contributed by atoms with van der Waals surface area (Å²) < 4.78 is 33.9. The number of rotatable bonds is 9. The van der Waals surface area contributed by atoms with Gasteiger partial charge in [0.2, 0.25) is 0 Å². The van der Waals surface area contributed by atoms with E-state index < -0.39 is 47.4 Å². The molecule has 0 spiro atoms. The molecule has 1 aliphatic heterocycles. The molecule has 3 aromatic rings. The van der Waals surface area contributed by atoms with Gasteiger partial charge in [-0.3, -0.25) is 9.69 Å². The van der Waals surface area contributed by atoms with Gasteiger partial charge in [-0.15, -0.1) is 0 Å². The predicted molar refractivity (Wildman–Crippen MR) is 148 cm³/mol. The molecule has 2 amide bonds.